The molecule has 0 heterocycles. The molecule has 0 spiro atoms. The summed E-state index contributed by atoms with van der Waals surface area (Å²) in [7, 11) is 1.61. The van der Waals surface area contributed by atoms with Gasteiger partial charge in [0.25, 0.3) is 0 Å². The van der Waals surface area contributed by atoms with Gasteiger partial charge in [-0.05, 0) is 56.1 Å². The second-order valence-electron chi connectivity index (χ2n) is 3.98. The predicted octanol–water partition coefficient (Wildman–Crippen LogP) is 5.12. The second kappa shape index (κ2) is 6.80. The first-order chi connectivity index (χ1) is 9.55. The van der Waals surface area contributed by atoms with E-state index < -0.39 is 0 Å². The summed E-state index contributed by atoms with van der Waals surface area (Å²) in [4.78, 5) is 0. The Morgan fingerprint density at radius 2 is 1.70 bits per heavy atom. The van der Waals surface area contributed by atoms with E-state index >= 15 is 0 Å². The van der Waals surface area contributed by atoms with Gasteiger partial charge >= 0.3 is 0 Å². The Kier molecular flexibility index (Phi) is 5.32. The molecule has 2 aromatic rings. The first kappa shape index (κ1) is 15.6. The van der Waals surface area contributed by atoms with E-state index in [0.29, 0.717) is 23.1 Å². The van der Waals surface area contributed by atoms with Gasteiger partial charge in [-0.15, -0.1) is 0 Å². The molecular weight excluding hydrogens is 409 g/mol. The molecule has 0 aromatic heterocycles. The van der Waals surface area contributed by atoms with E-state index in [1.54, 1.807) is 19.2 Å². The van der Waals surface area contributed by atoms with Gasteiger partial charge < -0.3 is 15.2 Å². The maximum atomic E-state index is 6.00. The predicted molar refractivity (Wildman–Crippen MR) is 87.8 cm³/mol. The largest absolute Gasteiger partial charge is 0.496 e. The van der Waals surface area contributed by atoms with Gasteiger partial charge in [0.1, 0.15) is 17.2 Å². The summed E-state index contributed by atoms with van der Waals surface area (Å²) in [5, 5.41) is 0.598. The Bertz CT molecular complexity index is 635. The molecule has 0 saturated carbocycles. The maximum absolute atomic E-state index is 6.00. The van der Waals surface area contributed by atoms with Crippen molar-refractivity contribution in [2.75, 3.05) is 7.11 Å². The summed E-state index contributed by atoms with van der Waals surface area (Å²) >= 11 is 12.9. The average Bonchev–Trinajstić information content (AvgIpc) is 2.42. The van der Waals surface area contributed by atoms with Gasteiger partial charge in [0, 0.05) is 17.1 Å². The van der Waals surface area contributed by atoms with Crippen molar-refractivity contribution in [3.8, 4) is 17.2 Å². The minimum atomic E-state index is 0.376. The highest BCUT2D eigenvalue weighted by Gasteiger charge is 2.11. The van der Waals surface area contributed by atoms with Crippen molar-refractivity contribution in [1.29, 1.82) is 0 Å². The van der Waals surface area contributed by atoms with Crippen LogP contribution in [0.4, 0.5) is 0 Å². The molecule has 0 amide bonds. The van der Waals surface area contributed by atoms with Crippen LogP contribution in [0.15, 0.2) is 39.3 Å². The molecule has 3 nitrogen and oxygen atoms in total. The maximum Gasteiger partial charge on any atom is 0.143 e. The van der Waals surface area contributed by atoms with Crippen LogP contribution in [0.2, 0.25) is 5.02 Å². The fraction of sp³-hybridized carbons (Fsp3) is 0.143. The zero-order chi connectivity index (χ0) is 14.7. The van der Waals surface area contributed by atoms with Gasteiger partial charge in [-0.25, -0.2) is 0 Å². The van der Waals surface area contributed by atoms with Gasteiger partial charge in [-0.3, -0.25) is 0 Å². The lowest BCUT2D eigenvalue weighted by Crippen LogP contribution is -1.99. The Balaban J connectivity index is 2.39. The highest BCUT2D eigenvalue weighted by Crippen LogP contribution is 2.39. The molecule has 2 N–H and O–H groups in total. The van der Waals surface area contributed by atoms with Crippen LogP contribution in [0.25, 0.3) is 0 Å². The van der Waals surface area contributed by atoms with Crippen LogP contribution in [-0.4, -0.2) is 7.11 Å². The van der Waals surface area contributed by atoms with Crippen LogP contribution < -0.4 is 15.2 Å². The topological polar surface area (TPSA) is 44.5 Å². The van der Waals surface area contributed by atoms with Crippen molar-refractivity contribution < 1.29 is 9.47 Å². The number of hydrogen-bond donors (Lipinski definition) is 1. The summed E-state index contributed by atoms with van der Waals surface area (Å²) in [5.41, 5.74) is 6.59. The van der Waals surface area contributed by atoms with Crippen molar-refractivity contribution in [2.45, 2.75) is 6.54 Å². The smallest absolute Gasteiger partial charge is 0.143 e. The van der Waals surface area contributed by atoms with E-state index in [1.165, 1.54) is 0 Å². The van der Waals surface area contributed by atoms with E-state index in [9.17, 15) is 0 Å². The molecular formula is C14H12Br2ClNO2. The third kappa shape index (κ3) is 3.47. The molecule has 0 aliphatic rings. The lowest BCUT2D eigenvalue weighted by atomic mass is 10.2. The molecule has 0 aliphatic carbocycles. The number of methoxy groups -OCH3 is 1. The molecule has 2 rings (SSSR count). The van der Waals surface area contributed by atoms with Crippen LogP contribution in [0.5, 0.6) is 17.2 Å². The molecule has 0 aliphatic heterocycles. The molecule has 0 radical (unpaired) electrons. The van der Waals surface area contributed by atoms with E-state index in [-0.39, 0.29) is 0 Å². The van der Waals surface area contributed by atoms with E-state index in [2.05, 4.69) is 31.9 Å². The molecule has 20 heavy (non-hydrogen) atoms. The fourth-order valence-electron chi connectivity index (χ4n) is 1.66. The minimum Gasteiger partial charge on any atom is -0.496 e. The monoisotopic (exact) mass is 419 g/mol. The van der Waals surface area contributed by atoms with Crippen LogP contribution in [0.1, 0.15) is 5.56 Å². The van der Waals surface area contributed by atoms with Crippen LogP contribution in [-0.2, 0) is 6.54 Å². The van der Waals surface area contributed by atoms with Crippen molar-refractivity contribution in [2.24, 2.45) is 5.73 Å². The van der Waals surface area contributed by atoms with Gasteiger partial charge in [0.2, 0.25) is 0 Å². The molecule has 0 saturated heterocycles. The average molecular weight is 422 g/mol. The zero-order valence-electron chi connectivity index (χ0n) is 10.6. The second-order valence-corrected chi connectivity index (χ2v) is 6.12. The number of benzene rings is 2. The molecule has 6 heteroatoms. The standard InChI is InChI=1S/C14H12Br2ClNO2/c1-19-13-5-11(16)14(6-10(13)15)20-12-4-9(17)3-2-8(12)7-18/h2-6H,7,18H2,1H3. The molecule has 2 aromatic carbocycles. The number of nitrogens with two attached hydrogens (primary N) is 1. The van der Waals surface area contributed by atoms with Crippen molar-refractivity contribution >= 4 is 43.5 Å². The van der Waals surface area contributed by atoms with E-state index in [4.69, 9.17) is 26.8 Å². The lowest BCUT2D eigenvalue weighted by Gasteiger charge is -2.13. The number of halogens is 3. The molecule has 106 valence electrons. The first-order valence-corrected chi connectivity index (χ1v) is 7.71. The van der Waals surface area contributed by atoms with Crippen molar-refractivity contribution in [3.63, 3.8) is 0 Å². The highest BCUT2D eigenvalue weighted by atomic mass is 79.9. The lowest BCUT2D eigenvalue weighted by molar-refractivity contribution is 0.409. The van der Waals surface area contributed by atoms with E-state index in [1.807, 2.05) is 18.2 Å². The normalized spacial score (nSPS) is 10.4. The van der Waals surface area contributed by atoms with E-state index in [0.717, 1.165) is 20.3 Å². The molecule has 0 atom stereocenters. The van der Waals surface area contributed by atoms with Gasteiger partial charge in [0.15, 0.2) is 0 Å². The Labute approximate surface area is 139 Å². The molecule has 0 unspecified atom stereocenters. The summed E-state index contributed by atoms with van der Waals surface area (Å²) < 4.78 is 12.7. The quantitative estimate of drug-likeness (QED) is 0.745. The van der Waals surface area contributed by atoms with Crippen LogP contribution in [0, 0.1) is 0 Å². The third-order valence-corrected chi connectivity index (χ3v) is 4.15. The number of ether oxygens (including phenoxy) is 2. The van der Waals surface area contributed by atoms with Crippen molar-refractivity contribution in [3.05, 3.63) is 49.9 Å². The van der Waals surface area contributed by atoms with Crippen LogP contribution >= 0.6 is 43.5 Å². The summed E-state index contributed by atoms with van der Waals surface area (Å²) in [6.07, 6.45) is 0. The molecule has 0 bridgehead atoms. The third-order valence-electron chi connectivity index (χ3n) is 2.68. The minimum absolute atomic E-state index is 0.376. The number of rotatable bonds is 4. The summed E-state index contributed by atoms with van der Waals surface area (Å²) in [5.74, 6) is 2.00. The Hall–Kier alpha value is -0.750. The van der Waals surface area contributed by atoms with Gasteiger partial charge in [-0.2, -0.15) is 0 Å². The fourth-order valence-corrected chi connectivity index (χ4v) is 2.71. The van der Waals surface area contributed by atoms with Gasteiger partial charge in [-0.1, -0.05) is 17.7 Å². The first-order valence-electron chi connectivity index (χ1n) is 5.74. The Morgan fingerprint density at radius 3 is 2.35 bits per heavy atom. The zero-order valence-corrected chi connectivity index (χ0v) is 14.5. The summed E-state index contributed by atoms with van der Waals surface area (Å²) in [6.45, 7) is 0.376. The SMILES string of the molecule is COc1cc(Br)c(Oc2cc(Cl)ccc2CN)cc1Br. The molecule has 0 fully saturated rings. The van der Waals surface area contributed by atoms with Gasteiger partial charge in [0.05, 0.1) is 16.1 Å². The number of hydrogen-bond acceptors (Lipinski definition) is 3. The van der Waals surface area contributed by atoms with Crippen molar-refractivity contribution in [1.82, 2.24) is 0 Å². The van der Waals surface area contributed by atoms with Crippen LogP contribution in [0.3, 0.4) is 0 Å². The Morgan fingerprint density at radius 1 is 1.05 bits per heavy atom. The summed E-state index contributed by atoms with van der Waals surface area (Å²) in [6, 6.07) is 9.03. The highest BCUT2D eigenvalue weighted by molar-refractivity contribution is 9.11.